The fourth-order valence-electron chi connectivity index (χ4n) is 1.84. The largest absolute Gasteiger partial charge is 0.464 e. The van der Waals surface area contributed by atoms with Gasteiger partial charge < -0.3 is 4.74 Å². The van der Waals surface area contributed by atoms with Crippen LogP contribution < -0.4 is 4.83 Å². The molecule has 0 saturated heterocycles. The van der Waals surface area contributed by atoms with Gasteiger partial charge in [0.2, 0.25) is 0 Å². The summed E-state index contributed by atoms with van der Waals surface area (Å²) < 4.78 is 29.2. The van der Waals surface area contributed by atoms with Crippen LogP contribution in [-0.4, -0.2) is 27.2 Å². The number of nitrogens with one attached hydrogen (secondary N) is 1. The van der Waals surface area contributed by atoms with E-state index in [0.29, 0.717) is 0 Å². The lowest BCUT2D eigenvalue weighted by atomic mass is 10.1. The lowest BCUT2D eigenvalue weighted by molar-refractivity contribution is -0.132. The Bertz CT molecular complexity index is 926. The fourth-order valence-corrected chi connectivity index (χ4v) is 2.95. The van der Waals surface area contributed by atoms with E-state index >= 15 is 0 Å². The number of carbonyl (C=O) groups excluding carboxylic acids is 1. The fraction of sp³-hybridized carbons (Fsp3) is 0.125. The molecule has 25 heavy (non-hydrogen) atoms. The topological polar surface area (TPSA) is 84.8 Å². The van der Waals surface area contributed by atoms with E-state index in [1.165, 1.54) is 30.3 Å². The number of methoxy groups -OCH3 is 1. The van der Waals surface area contributed by atoms with Gasteiger partial charge in [0.05, 0.1) is 22.1 Å². The molecule has 0 heterocycles. The molecule has 0 aliphatic rings. The van der Waals surface area contributed by atoms with Gasteiger partial charge in [0.1, 0.15) is 0 Å². The average molecular weight is 401 g/mol. The molecule has 1 N–H and O–H groups in total. The SMILES string of the molecule is COC(=O)C(=NNS(=O)(=O)c1ccc(C)cc1)c1ccc(Cl)c(Cl)c1. The third-order valence-corrected chi connectivity index (χ3v) is 5.14. The Labute approximate surface area is 155 Å². The van der Waals surface area contributed by atoms with Gasteiger partial charge in [0.15, 0.2) is 5.71 Å². The molecule has 0 aliphatic heterocycles. The molecule has 0 aromatic heterocycles. The second kappa shape index (κ2) is 7.86. The second-order valence-electron chi connectivity index (χ2n) is 4.99. The normalized spacial score (nSPS) is 11.9. The van der Waals surface area contributed by atoms with Crippen LogP contribution in [0.5, 0.6) is 0 Å². The summed E-state index contributed by atoms with van der Waals surface area (Å²) in [5.74, 6) is -0.829. The molecule has 0 atom stereocenters. The van der Waals surface area contributed by atoms with E-state index in [2.05, 4.69) is 9.84 Å². The van der Waals surface area contributed by atoms with Crippen molar-refractivity contribution in [2.24, 2.45) is 5.10 Å². The lowest BCUT2D eigenvalue weighted by Crippen LogP contribution is -2.25. The zero-order valence-electron chi connectivity index (χ0n) is 13.3. The quantitative estimate of drug-likeness (QED) is 0.474. The van der Waals surface area contributed by atoms with Gasteiger partial charge in [0, 0.05) is 5.56 Å². The zero-order valence-corrected chi connectivity index (χ0v) is 15.6. The van der Waals surface area contributed by atoms with Crippen LogP contribution in [0.3, 0.4) is 0 Å². The van der Waals surface area contributed by atoms with E-state index in [4.69, 9.17) is 23.2 Å². The van der Waals surface area contributed by atoms with Crippen LogP contribution in [0.25, 0.3) is 0 Å². The van der Waals surface area contributed by atoms with Crippen molar-refractivity contribution in [3.8, 4) is 0 Å². The molecule has 6 nitrogen and oxygen atoms in total. The number of hydrogen-bond acceptors (Lipinski definition) is 5. The number of sulfonamides is 1. The van der Waals surface area contributed by atoms with Crippen molar-refractivity contribution in [2.45, 2.75) is 11.8 Å². The first-order chi connectivity index (χ1) is 11.7. The maximum Gasteiger partial charge on any atom is 0.359 e. The van der Waals surface area contributed by atoms with E-state index in [9.17, 15) is 13.2 Å². The van der Waals surface area contributed by atoms with Crippen LogP contribution in [0.2, 0.25) is 10.0 Å². The van der Waals surface area contributed by atoms with Gasteiger partial charge in [-0.25, -0.2) is 4.79 Å². The molecule has 0 fully saturated rings. The number of ether oxygens (including phenoxy) is 1. The number of aryl methyl sites for hydroxylation is 1. The highest BCUT2D eigenvalue weighted by molar-refractivity contribution is 7.89. The number of hydrogen-bond donors (Lipinski definition) is 1. The van der Waals surface area contributed by atoms with Crippen LogP contribution >= 0.6 is 23.2 Å². The summed E-state index contributed by atoms with van der Waals surface area (Å²) >= 11 is 11.8. The number of nitrogens with zero attached hydrogens (tertiary/aromatic N) is 1. The van der Waals surface area contributed by atoms with Crippen LogP contribution in [0.15, 0.2) is 52.5 Å². The van der Waals surface area contributed by atoms with E-state index < -0.39 is 16.0 Å². The molecule has 9 heteroatoms. The third-order valence-electron chi connectivity index (χ3n) is 3.18. The Balaban J connectivity index is 2.39. The van der Waals surface area contributed by atoms with Crippen molar-refractivity contribution in [2.75, 3.05) is 7.11 Å². The summed E-state index contributed by atoms with van der Waals surface area (Å²) in [7, 11) is -2.79. The molecule has 2 aromatic carbocycles. The van der Waals surface area contributed by atoms with Gasteiger partial charge in [-0.15, -0.1) is 0 Å². The Morgan fingerprint density at radius 1 is 1.08 bits per heavy atom. The molecule has 2 aromatic rings. The molecule has 0 amide bonds. The summed E-state index contributed by atoms with van der Waals surface area (Å²) in [6.45, 7) is 1.83. The Kier molecular flexibility index (Phi) is 6.05. The van der Waals surface area contributed by atoms with Crippen LogP contribution in [0.4, 0.5) is 0 Å². The van der Waals surface area contributed by atoms with Gasteiger partial charge in [-0.1, -0.05) is 47.0 Å². The van der Waals surface area contributed by atoms with Crippen molar-refractivity contribution < 1.29 is 17.9 Å². The van der Waals surface area contributed by atoms with Crippen LogP contribution in [-0.2, 0) is 19.6 Å². The van der Waals surface area contributed by atoms with Gasteiger partial charge in [0.25, 0.3) is 10.0 Å². The molecule has 2 rings (SSSR count). The third kappa shape index (κ3) is 4.72. The van der Waals surface area contributed by atoms with Gasteiger partial charge in [-0.3, -0.25) is 0 Å². The first-order valence-electron chi connectivity index (χ1n) is 6.94. The first kappa shape index (κ1) is 19.2. The predicted molar refractivity (Wildman–Crippen MR) is 96.5 cm³/mol. The van der Waals surface area contributed by atoms with Crippen LogP contribution in [0, 0.1) is 6.92 Å². The molecule has 0 aliphatic carbocycles. The molecule has 0 bridgehead atoms. The Morgan fingerprint density at radius 3 is 2.28 bits per heavy atom. The monoisotopic (exact) mass is 400 g/mol. The molecule has 0 radical (unpaired) electrons. The minimum Gasteiger partial charge on any atom is -0.464 e. The van der Waals surface area contributed by atoms with Gasteiger partial charge in [-0.2, -0.15) is 18.4 Å². The predicted octanol–water partition coefficient (Wildman–Crippen LogP) is 3.16. The summed E-state index contributed by atoms with van der Waals surface area (Å²) in [5.41, 5.74) is 0.915. The first-order valence-corrected chi connectivity index (χ1v) is 9.18. The molecular weight excluding hydrogens is 387 g/mol. The minimum absolute atomic E-state index is 0.0141. The maximum absolute atomic E-state index is 12.3. The van der Waals surface area contributed by atoms with Crippen molar-refractivity contribution in [3.05, 3.63) is 63.6 Å². The summed E-state index contributed by atoms with van der Waals surface area (Å²) in [6, 6.07) is 10.5. The number of hydrazone groups is 1. The molecule has 0 unspecified atom stereocenters. The van der Waals surface area contributed by atoms with Crippen molar-refractivity contribution in [1.82, 2.24) is 4.83 Å². The zero-order chi connectivity index (χ0) is 18.6. The lowest BCUT2D eigenvalue weighted by Gasteiger charge is -2.08. The van der Waals surface area contributed by atoms with E-state index in [1.54, 1.807) is 12.1 Å². The second-order valence-corrected chi connectivity index (χ2v) is 7.46. The molecular formula is C16H14Cl2N2O4S. The Hall–Kier alpha value is -2.09. The smallest absolute Gasteiger partial charge is 0.359 e. The standard InChI is InChI=1S/C16H14Cl2N2O4S/c1-10-3-6-12(7-4-10)25(22,23)20-19-15(16(21)24-2)11-5-8-13(17)14(18)9-11/h3-9,20H,1-2H3. The average Bonchev–Trinajstić information content (AvgIpc) is 2.58. The maximum atomic E-state index is 12.3. The Morgan fingerprint density at radius 2 is 1.72 bits per heavy atom. The van der Waals surface area contributed by atoms with Gasteiger partial charge >= 0.3 is 5.97 Å². The van der Waals surface area contributed by atoms with Crippen molar-refractivity contribution in [3.63, 3.8) is 0 Å². The highest BCUT2D eigenvalue weighted by Crippen LogP contribution is 2.23. The molecule has 0 spiro atoms. The summed E-state index contributed by atoms with van der Waals surface area (Å²) in [6.07, 6.45) is 0. The van der Waals surface area contributed by atoms with E-state index in [-0.39, 0.29) is 26.2 Å². The molecule has 0 saturated carbocycles. The van der Waals surface area contributed by atoms with Crippen molar-refractivity contribution >= 4 is 44.9 Å². The number of carbonyl (C=O) groups is 1. The minimum atomic E-state index is -3.94. The number of benzene rings is 2. The van der Waals surface area contributed by atoms with Crippen LogP contribution in [0.1, 0.15) is 11.1 Å². The van der Waals surface area contributed by atoms with E-state index in [0.717, 1.165) is 12.7 Å². The molecule has 132 valence electrons. The summed E-state index contributed by atoms with van der Waals surface area (Å²) in [5, 5.41) is 4.19. The van der Waals surface area contributed by atoms with Crippen molar-refractivity contribution in [1.29, 1.82) is 0 Å². The number of esters is 1. The van der Waals surface area contributed by atoms with E-state index in [1.807, 2.05) is 11.8 Å². The number of rotatable bonds is 5. The number of halogens is 2. The summed E-state index contributed by atoms with van der Waals surface area (Å²) in [4.78, 5) is 14.0. The highest BCUT2D eigenvalue weighted by Gasteiger charge is 2.19. The van der Waals surface area contributed by atoms with Gasteiger partial charge in [-0.05, 0) is 31.2 Å². The highest BCUT2D eigenvalue weighted by atomic mass is 35.5.